The minimum Gasteiger partial charge on any atom is -0.465 e. The van der Waals surface area contributed by atoms with Crippen LogP contribution in [0.4, 0.5) is 10.2 Å². The van der Waals surface area contributed by atoms with E-state index in [2.05, 4.69) is 4.98 Å². The van der Waals surface area contributed by atoms with Gasteiger partial charge in [0.05, 0.1) is 19.4 Å². The molecule has 6 heteroatoms. The van der Waals surface area contributed by atoms with Gasteiger partial charge in [-0.1, -0.05) is 26.0 Å². The standard InChI is InChI=1S/C17H19FN2O3/c1-9(2)15-12(8-21)13(10-4-6-11(18)7-5-10)14(16(19)20-15)17(22)23-3/h4-7,9,21H,8H2,1-3H3,(H2,19,20). The molecule has 0 fully saturated rings. The maximum absolute atomic E-state index is 13.2. The summed E-state index contributed by atoms with van der Waals surface area (Å²) < 4.78 is 18.0. The van der Waals surface area contributed by atoms with Gasteiger partial charge in [0.25, 0.3) is 0 Å². The van der Waals surface area contributed by atoms with Gasteiger partial charge >= 0.3 is 5.97 Å². The molecule has 0 atom stereocenters. The highest BCUT2D eigenvalue weighted by Crippen LogP contribution is 2.35. The maximum atomic E-state index is 13.2. The number of nitrogens with zero attached hydrogens (tertiary/aromatic N) is 1. The van der Waals surface area contributed by atoms with Crippen molar-refractivity contribution in [3.63, 3.8) is 0 Å². The zero-order valence-electron chi connectivity index (χ0n) is 13.3. The van der Waals surface area contributed by atoms with Gasteiger partial charge in [0.15, 0.2) is 0 Å². The summed E-state index contributed by atoms with van der Waals surface area (Å²) in [7, 11) is 1.24. The third kappa shape index (κ3) is 3.17. The van der Waals surface area contributed by atoms with Crippen molar-refractivity contribution in [2.75, 3.05) is 12.8 Å². The Labute approximate surface area is 133 Å². The number of nitrogens with two attached hydrogens (primary N) is 1. The van der Waals surface area contributed by atoms with Gasteiger partial charge in [-0.2, -0.15) is 0 Å². The molecule has 2 rings (SSSR count). The van der Waals surface area contributed by atoms with E-state index in [-0.39, 0.29) is 23.9 Å². The van der Waals surface area contributed by atoms with Crippen molar-refractivity contribution in [1.82, 2.24) is 4.98 Å². The zero-order chi connectivity index (χ0) is 17.1. The second kappa shape index (κ2) is 6.75. The van der Waals surface area contributed by atoms with Crippen molar-refractivity contribution in [2.45, 2.75) is 26.4 Å². The van der Waals surface area contributed by atoms with E-state index in [0.717, 1.165) is 0 Å². The largest absolute Gasteiger partial charge is 0.465 e. The van der Waals surface area contributed by atoms with Crippen LogP contribution in [0.15, 0.2) is 24.3 Å². The fourth-order valence-corrected chi connectivity index (χ4v) is 2.54. The molecule has 0 spiro atoms. The number of hydrogen-bond donors (Lipinski definition) is 2. The molecular formula is C17H19FN2O3. The lowest BCUT2D eigenvalue weighted by Crippen LogP contribution is -2.15. The van der Waals surface area contributed by atoms with E-state index in [1.807, 2.05) is 13.8 Å². The van der Waals surface area contributed by atoms with Crippen LogP contribution in [0.2, 0.25) is 0 Å². The number of nitrogen functional groups attached to an aromatic ring is 1. The lowest BCUT2D eigenvalue weighted by Gasteiger charge is -2.19. The summed E-state index contributed by atoms with van der Waals surface area (Å²) in [5.74, 6) is -1.04. The van der Waals surface area contributed by atoms with Crippen molar-refractivity contribution in [3.05, 3.63) is 46.9 Å². The number of halogens is 1. The summed E-state index contributed by atoms with van der Waals surface area (Å²) >= 11 is 0. The first-order valence-electron chi connectivity index (χ1n) is 7.18. The molecule has 23 heavy (non-hydrogen) atoms. The van der Waals surface area contributed by atoms with Crippen LogP contribution in [-0.2, 0) is 11.3 Å². The third-order valence-corrected chi connectivity index (χ3v) is 3.59. The molecule has 5 nitrogen and oxygen atoms in total. The SMILES string of the molecule is COC(=O)c1c(N)nc(C(C)C)c(CO)c1-c1ccc(F)cc1. The van der Waals surface area contributed by atoms with E-state index >= 15 is 0 Å². The Bertz CT molecular complexity index is 728. The smallest absolute Gasteiger partial charge is 0.342 e. The molecule has 122 valence electrons. The molecule has 0 saturated carbocycles. The first kappa shape index (κ1) is 16.9. The maximum Gasteiger partial charge on any atom is 0.342 e. The summed E-state index contributed by atoms with van der Waals surface area (Å²) in [4.78, 5) is 16.4. The fraction of sp³-hybridized carbons (Fsp3) is 0.294. The molecule has 0 bridgehead atoms. The quantitative estimate of drug-likeness (QED) is 0.847. The normalized spacial score (nSPS) is 10.9. The number of carbonyl (C=O) groups excluding carboxylic acids is 1. The van der Waals surface area contributed by atoms with Crippen LogP contribution in [-0.4, -0.2) is 23.2 Å². The molecule has 1 aromatic heterocycles. The van der Waals surface area contributed by atoms with Crippen molar-refractivity contribution >= 4 is 11.8 Å². The molecule has 0 aliphatic rings. The number of methoxy groups -OCH3 is 1. The Morgan fingerprint density at radius 2 is 1.96 bits per heavy atom. The zero-order valence-corrected chi connectivity index (χ0v) is 13.3. The van der Waals surface area contributed by atoms with Crippen LogP contribution >= 0.6 is 0 Å². The first-order valence-corrected chi connectivity index (χ1v) is 7.18. The predicted octanol–water partition coefficient (Wildman–Crippen LogP) is 2.87. The number of hydrogen-bond acceptors (Lipinski definition) is 5. The number of benzene rings is 1. The summed E-state index contributed by atoms with van der Waals surface area (Å²) in [6.07, 6.45) is 0. The molecule has 0 aliphatic carbocycles. The molecule has 3 N–H and O–H groups in total. The number of ether oxygens (including phenoxy) is 1. The minimum atomic E-state index is -0.653. The molecule has 0 aliphatic heterocycles. The summed E-state index contributed by atoms with van der Waals surface area (Å²) in [6, 6.07) is 5.62. The lowest BCUT2D eigenvalue weighted by atomic mass is 9.91. The molecule has 2 aromatic rings. The Hall–Kier alpha value is -2.47. The predicted molar refractivity (Wildman–Crippen MR) is 85.4 cm³/mol. The molecule has 0 radical (unpaired) electrons. The second-order valence-electron chi connectivity index (χ2n) is 5.42. The minimum absolute atomic E-state index is 0.00894. The Balaban J connectivity index is 2.87. The number of pyridine rings is 1. The lowest BCUT2D eigenvalue weighted by molar-refractivity contribution is 0.0602. The van der Waals surface area contributed by atoms with E-state index < -0.39 is 11.8 Å². The number of carbonyl (C=O) groups is 1. The first-order chi connectivity index (χ1) is 10.9. The molecule has 0 unspecified atom stereocenters. The topological polar surface area (TPSA) is 85.4 Å². The number of aliphatic hydroxyl groups excluding tert-OH is 1. The van der Waals surface area contributed by atoms with Crippen molar-refractivity contribution in [2.24, 2.45) is 0 Å². The van der Waals surface area contributed by atoms with Gasteiger partial charge in [0, 0.05) is 11.1 Å². The molecule has 1 aromatic carbocycles. The third-order valence-electron chi connectivity index (χ3n) is 3.59. The van der Waals surface area contributed by atoms with Gasteiger partial charge in [-0.25, -0.2) is 14.2 Å². The number of aromatic nitrogens is 1. The summed E-state index contributed by atoms with van der Waals surface area (Å²) in [5, 5.41) is 9.83. The Morgan fingerprint density at radius 3 is 2.43 bits per heavy atom. The van der Waals surface area contributed by atoms with Crippen molar-refractivity contribution < 1.29 is 19.0 Å². The van der Waals surface area contributed by atoms with Gasteiger partial charge < -0.3 is 15.6 Å². The average molecular weight is 318 g/mol. The van der Waals surface area contributed by atoms with Crippen LogP contribution in [0.5, 0.6) is 0 Å². The molecule has 0 amide bonds. The number of aliphatic hydroxyl groups is 1. The highest BCUT2D eigenvalue weighted by molar-refractivity contribution is 6.02. The van der Waals surface area contributed by atoms with Crippen LogP contribution in [0.3, 0.4) is 0 Å². The van der Waals surface area contributed by atoms with Gasteiger partial charge in [0.2, 0.25) is 0 Å². The monoisotopic (exact) mass is 318 g/mol. The summed E-state index contributed by atoms with van der Waals surface area (Å²) in [5.41, 5.74) is 8.11. The van der Waals surface area contributed by atoms with E-state index in [1.165, 1.54) is 31.4 Å². The molecular weight excluding hydrogens is 299 g/mol. The number of rotatable bonds is 4. The van der Waals surface area contributed by atoms with Gasteiger partial charge in [-0.05, 0) is 23.6 Å². The highest BCUT2D eigenvalue weighted by atomic mass is 19.1. The second-order valence-corrected chi connectivity index (χ2v) is 5.42. The van der Waals surface area contributed by atoms with E-state index in [9.17, 15) is 14.3 Å². The van der Waals surface area contributed by atoms with Gasteiger partial charge in [0.1, 0.15) is 17.2 Å². The van der Waals surface area contributed by atoms with Crippen LogP contribution in [0, 0.1) is 5.82 Å². The van der Waals surface area contributed by atoms with Gasteiger partial charge in [-0.3, -0.25) is 0 Å². The fourth-order valence-electron chi connectivity index (χ4n) is 2.54. The van der Waals surface area contributed by atoms with Crippen LogP contribution < -0.4 is 5.73 Å². The van der Waals surface area contributed by atoms with Crippen molar-refractivity contribution in [1.29, 1.82) is 0 Å². The average Bonchev–Trinajstić information content (AvgIpc) is 2.53. The number of anilines is 1. The molecule has 0 saturated heterocycles. The Morgan fingerprint density at radius 1 is 1.35 bits per heavy atom. The molecule has 1 heterocycles. The Kier molecular flexibility index (Phi) is 4.95. The van der Waals surface area contributed by atoms with E-state index in [4.69, 9.17) is 10.5 Å². The summed E-state index contributed by atoms with van der Waals surface area (Å²) in [6.45, 7) is 3.50. The van der Waals surface area contributed by atoms with E-state index in [0.29, 0.717) is 22.4 Å². The number of esters is 1. The van der Waals surface area contributed by atoms with E-state index in [1.54, 1.807) is 0 Å². The highest BCUT2D eigenvalue weighted by Gasteiger charge is 2.25. The van der Waals surface area contributed by atoms with Gasteiger partial charge in [-0.15, -0.1) is 0 Å². The van der Waals surface area contributed by atoms with Crippen LogP contribution in [0.25, 0.3) is 11.1 Å². The van der Waals surface area contributed by atoms with Crippen LogP contribution in [0.1, 0.15) is 41.4 Å². The van der Waals surface area contributed by atoms with Crippen molar-refractivity contribution in [3.8, 4) is 11.1 Å².